The summed E-state index contributed by atoms with van der Waals surface area (Å²) < 4.78 is 6.17. The van der Waals surface area contributed by atoms with E-state index in [0.29, 0.717) is 5.92 Å². The summed E-state index contributed by atoms with van der Waals surface area (Å²) in [7, 11) is 0. The van der Waals surface area contributed by atoms with Crippen LogP contribution in [-0.4, -0.2) is 32.8 Å². The number of nitrogens with one attached hydrogen (secondary N) is 1. The zero-order valence-corrected chi connectivity index (χ0v) is 13.8. The van der Waals surface area contributed by atoms with Crippen LogP contribution < -0.4 is 15.0 Å². The molecule has 118 valence electrons. The highest BCUT2D eigenvalue weighted by atomic mass is 16.5. The first-order valence-electron chi connectivity index (χ1n) is 8.43. The van der Waals surface area contributed by atoms with E-state index in [2.05, 4.69) is 49.2 Å². The van der Waals surface area contributed by atoms with Crippen LogP contribution >= 0.6 is 0 Å². The normalized spacial score (nSPS) is 16.1. The minimum Gasteiger partial charge on any atom is -0.491 e. The van der Waals surface area contributed by atoms with Gasteiger partial charge < -0.3 is 15.0 Å². The molecule has 0 amide bonds. The van der Waals surface area contributed by atoms with Gasteiger partial charge in [0.05, 0.1) is 12.3 Å². The second-order valence-electron chi connectivity index (χ2n) is 6.06. The molecule has 0 aromatic heterocycles. The van der Waals surface area contributed by atoms with Gasteiger partial charge in [-0.05, 0) is 43.5 Å². The molecule has 0 atom stereocenters. The molecule has 1 N–H and O–H groups in total. The van der Waals surface area contributed by atoms with E-state index in [1.165, 1.54) is 30.5 Å². The van der Waals surface area contributed by atoms with Crippen molar-refractivity contribution in [2.75, 3.05) is 37.7 Å². The van der Waals surface area contributed by atoms with Crippen molar-refractivity contribution in [1.82, 2.24) is 5.32 Å². The highest BCUT2D eigenvalue weighted by molar-refractivity contribution is 5.60. The van der Waals surface area contributed by atoms with Crippen LogP contribution in [0.1, 0.15) is 38.7 Å². The first-order valence-corrected chi connectivity index (χ1v) is 8.43. The van der Waals surface area contributed by atoms with Crippen LogP contribution in [0.5, 0.6) is 5.75 Å². The van der Waals surface area contributed by atoms with Gasteiger partial charge in [-0.15, -0.1) is 0 Å². The Morgan fingerprint density at radius 3 is 2.76 bits per heavy atom. The molecule has 1 aliphatic rings. The number of aryl methyl sites for hydroxylation is 1. The minimum absolute atomic E-state index is 0.657. The minimum atomic E-state index is 0.657. The van der Waals surface area contributed by atoms with Gasteiger partial charge in [-0.3, -0.25) is 0 Å². The molecule has 21 heavy (non-hydrogen) atoms. The largest absolute Gasteiger partial charge is 0.491 e. The highest BCUT2D eigenvalue weighted by Gasteiger charge is 2.15. The lowest BCUT2D eigenvalue weighted by Gasteiger charge is -2.26. The zero-order chi connectivity index (χ0) is 15.1. The van der Waals surface area contributed by atoms with Crippen molar-refractivity contribution < 1.29 is 4.74 Å². The van der Waals surface area contributed by atoms with Crippen molar-refractivity contribution in [1.29, 1.82) is 0 Å². The Bertz CT molecular complexity index is 421. The number of rotatable bonds is 6. The SMILES string of the molecule is CCC(CC)COc1ccc(C)cc1N1CCCNCC1. The molecule has 3 heteroatoms. The topological polar surface area (TPSA) is 24.5 Å². The van der Waals surface area contributed by atoms with Crippen molar-refractivity contribution in [2.45, 2.75) is 40.0 Å². The summed E-state index contributed by atoms with van der Waals surface area (Å²) in [5.74, 6) is 1.71. The molecule has 3 nitrogen and oxygen atoms in total. The quantitative estimate of drug-likeness (QED) is 0.866. The molecule has 0 saturated carbocycles. The first kappa shape index (κ1) is 16.2. The summed E-state index contributed by atoms with van der Waals surface area (Å²) in [5.41, 5.74) is 2.57. The number of benzene rings is 1. The van der Waals surface area contributed by atoms with Gasteiger partial charge in [-0.1, -0.05) is 32.8 Å². The van der Waals surface area contributed by atoms with Crippen LogP contribution in [0.15, 0.2) is 18.2 Å². The first-order chi connectivity index (χ1) is 10.2. The maximum atomic E-state index is 6.17. The standard InChI is InChI=1S/C18H30N2O/c1-4-16(5-2)14-21-18-8-7-15(3)13-17(18)20-11-6-9-19-10-12-20/h7-8,13,16,19H,4-6,9-12,14H2,1-3H3. The van der Waals surface area contributed by atoms with Gasteiger partial charge >= 0.3 is 0 Å². The predicted octanol–water partition coefficient (Wildman–Crippen LogP) is 3.61. The molecular weight excluding hydrogens is 260 g/mol. The second kappa shape index (κ2) is 8.28. The summed E-state index contributed by atoms with van der Waals surface area (Å²) in [6.07, 6.45) is 3.57. The van der Waals surface area contributed by atoms with Crippen LogP contribution in [0.4, 0.5) is 5.69 Å². The average molecular weight is 290 g/mol. The lowest BCUT2D eigenvalue weighted by atomic mass is 10.1. The summed E-state index contributed by atoms with van der Waals surface area (Å²) >= 11 is 0. The van der Waals surface area contributed by atoms with E-state index in [4.69, 9.17) is 4.74 Å². The number of ether oxygens (including phenoxy) is 1. The fraction of sp³-hybridized carbons (Fsp3) is 0.667. The Morgan fingerprint density at radius 1 is 1.19 bits per heavy atom. The number of hydrogen-bond donors (Lipinski definition) is 1. The van der Waals surface area contributed by atoms with Crippen LogP contribution in [0.3, 0.4) is 0 Å². The molecule has 1 aromatic carbocycles. The lowest BCUT2D eigenvalue weighted by molar-refractivity contribution is 0.241. The second-order valence-corrected chi connectivity index (χ2v) is 6.06. The maximum Gasteiger partial charge on any atom is 0.142 e. The van der Waals surface area contributed by atoms with Gasteiger partial charge in [-0.25, -0.2) is 0 Å². The lowest BCUT2D eigenvalue weighted by Crippen LogP contribution is -2.28. The van der Waals surface area contributed by atoms with Crippen LogP contribution in [0, 0.1) is 12.8 Å². The monoisotopic (exact) mass is 290 g/mol. The Labute approximate surface area is 129 Å². The summed E-state index contributed by atoms with van der Waals surface area (Å²) in [6.45, 7) is 11.8. The van der Waals surface area contributed by atoms with Gasteiger partial charge in [0, 0.05) is 19.6 Å². The summed E-state index contributed by atoms with van der Waals surface area (Å²) in [5, 5.41) is 3.47. The molecular formula is C18H30N2O. The molecule has 1 saturated heterocycles. The zero-order valence-electron chi connectivity index (χ0n) is 13.8. The average Bonchev–Trinajstić information content (AvgIpc) is 2.78. The van der Waals surface area contributed by atoms with E-state index < -0.39 is 0 Å². The van der Waals surface area contributed by atoms with Crippen LogP contribution in [0.2, 0.25) is 0 Å². The molecule has 2 rings (SSSR count). The molecule has 0 unspecified atom stereocenters. The van der Waals surface area contributed by atoms with Gasteiger partial charge in [0.15, 0.2) is 0 Å². The van der Waals surface area contributed by atoms with Crippen molar-refractivity contribution in [2.24, 2.45) is 5.92 Å². The van der Waals surface area contributed by atoms with E-state index in [1.54, 1.807) is 0 Å². The Hall–Kier alpha value is -1.22. The van der Waals surface area contributed by atoms with Gasteiger partial charge in [0.25, 0.3) is 0 Å². The van der Waals surface area contributed by atoms with E-state index in [1.807, 2.05) is 0 Å². The third kappa shape index (κ3) is 4.63. The number of anilines is 1. The van der Waals surface area contributed by atoms with E-state index in [9.17, 15) is 0 Å². The fourth-order valence-corrected chi connectivity index (χ4v) is 2.82. The fourth-order valence-electron chi connectivity index (χ4n) is 2.82. The maximum absolute atomic E-state index is 6.17. The van der Waals surface area contributed by atoms with Crippen molar-refractivity contribution in [3.63, 3.8) is 0 Å². The molecule has 0 bridgehead atoms. The number of nitrogens with zero attached hydrogens (tertiary/aromatic N) is 1. The molecule has 1 aliphatic heterocycles. The smallest absolute Gasteiger partial charge is 0.142 e. The Morgan fingerprint density at radius 2 is 2.00 bits per heavy atom. The van der Waals surface area contributed by atoms with Crippen molar-refractivity contribution >= 4 is 5.69 Å². The highest BCUT2D eigenvalue weighted by Crippen LogP contribution is 2.30. The number of hydrogen-bond acceptors (Lipinski definition) is 3. The van der Waals surface area contributed by atoms with E-state index in [0.717, 1.165) is 38.5 Å². The third-order valence-corrected chi connectivity index (χ3v) is 4.42. The van der Waals surface area contributed by atoms with Crippen LogP contribution in [-0.2, 0) is 0 Å². The summed E-state index contributed by atoms with van der Waals surface area (Å²) in [6, 6.07) is 6.57. The van der Waals surface area contributed by atoms with Crippen molar-refractivity contribution in [3.05, 3.63) is 23.8 Å². The molecule has 0 radical (unpaired) electrons. The molecule has 1 fully saturated rings. The third-order valence-electron chi connectivity index (χ3n) is 4.42. The van der Waals surface area contributed by atoms with Gasteiger partial charge in [0.2, 0.25) is 0 Å². The van der Waals surface area contributed by atoms with E-state index in [-0.39, 0.29) is 0 Å². The predicted molar refractivity (Wildman–Crippen MR) is 90.4 cm³/mol. The Kier molecular flexibility index (Phi) is 6.37. The Balaban J connectivity index is 2.12. The summed E-state index contributed by atoms with van der Waals surface area (Å²) in [4.78, 5) is 2.47. The van der Waals surface area contributed by atoms with Crippen molar-refractivity contribution in [3.8, 4) is 5.75 Å². The van der Waals surface area contributed by atoms with E-state index >= 15 is 0 Å². The van der Waals surface area contributed by atoms with Gasteiger partial charge in [-0.2, -0.15) is 0 Å². The van der Waals surface area contributed by atoms with Crippen LogP contribution in [0.25, 0.3) is 0 Å². The molecule has 1 heterocycles. The molecule has 0 aliphatic carbocycles. The molecule has 1 aromatic rings. The molecule has 0 spiro atoms. The van der Waals surface area contributed by atoms with Gasteiger partial charge in [0.1, 0.15) is 5.75 Å².